The number of rotatable bonds is 6. The lowest BCUT2D eigenvalue weighted by molar-refractivity contribution is -0.131. The third-order valence-corrected chi connectivity index (χ3v) is 6.55. The van der Waals surface area contributed by atoms with E-state index in [1.54, 1.807) is 0 Å². The molecule has 0 bridgehead atoms. The summed E-state index contributed by atoms with van der Waals surface area (Å²) in [7, 11) is 1.97. The van der Waals surface area contributed by atoms with E-state index in [0.717, 1.165) is 95.7 Å². The quantitative estimate of drug-likeness (QED) is 0.499. The Morgan fingerprint density at radius 3 is 2.52 bits per heavy atom. The van der Waals surface area contributed by atoms with Crippen LogP contribution in [0, 0.1) is 6.92 Å². The fraction of sp³-hybridized carbons (Fsp3) is 0.810. The lowest BCUT2D eigenvalue weighted by atomic mass is 10.2. The Kier molecular flexibility index (Phi) is 7.39. The second-order valence-electron chi connectivity index (χ2n) is 8.73. The molecule has 10 nitrogen and oxygen atoms in total. The molecule has 4 heterocycles. The Hall–Kier alpha value is -2.20. The van der Waals surface area contributed by atoms with Crippen LogP contribution in [0.25, 0.3) is 0 Å². The summed E-state index contributed by atoms with van der Waals surface area (Å²) < 4.78 is 7.75. The minimum absolute atomic E-state index is 0.252. The topological polar surface area (TPSA) is 91.1 Å². The molecule has 1 amide bonds. The fourth-order valence-electron chi connectivity index (χ4n) is 4.39. The van der Waals surface area contributed by atoms with Crippen LogP contribution in [0.3, 0.4) is 0 Å². The minimum atomic E-state index is 0.252. The van der Waals surface area contributed by atoms with Crippen molar-refractivity contribution in [1.29, 1.82) is 0 Å². The molecule has 3 aliphatic heterocycles. The Balaban J connectivity index is 1.33. The Morgan fingerprint density at radius 2 is 1.87 bits per heavy atom. The number of guanidine groups is 1. The monoisotopic (exact) mass is 432 g/mol. The number of ether oxygens (including phenoxy) is 1. The van der Waals surface area contributed by atoms with Crippen molar-refractivity contribution in [1.82, 2.24) is 34.8 Å². The molecule has 172 valence electrons. The third kappa shape index (κ3) is 5.74. The van der Waals surface area contributed by atoms with Crippen molar-refractivity contribution in [3.05, 3.63) is 11.6 Å². The maximum absolute atomic E-state index is 12.5. The summed E-state index contributed by atoms with van der Waals surface area (Å²) in [5, 5.41) is 11.9. The number of carbonyl (C=O) groups excluding carboxylic acids is 1. The van der Waals surface area contributed by atoms with Gasteiger partial charge >= 0.3 is 0 Å². The van der Waals surface area contributed by atoms with Crippen molar-refractivity contribution >= 4 is 11.9 Å². The molecule has 1 atom stereocenters. The van der Waals surface area contributed by atoms with Gasteiger partial charge in [0.1, 0.15) is 12.4 Å². The second-order valence-corrected chi connectivity index (χ2v) is 8.73. The molecule has 3 aliphatic rings. The van der Waals surface area contributed by atoms with Gasteiger partial charge in [-0.15, -0.1) is 10.2 Å². The number of aliphatic imine (C=N–C) groups is 1. The van der Waals surface area contributed by atoms with Crippen LogP contribution in [-0.4, -0.2) is 106 Å². The van der Waals surface area contributed by atoms with Crippen molar-refractivity contribution in [3.8, 4) is 0 Å². The molecule has 3 fully saturated rings. The van der Waals surface area contributed by atoms with Crippen LogP contribution in [0.4, 0.5) is 0 Å². The van der Waals surface area contributed by atoms with Crippen molar-refractivity contribution in [3.63, 3.8) is 0 Å². The predicted octanol–water partition coefficient (Wildman–Crippen LogP) is -0.0119. The summed E-state index contributed by atoms with van der Waals surface area (Å²) in [4.78, 5) is 23.9. The molecule has 0 spiro atoms. The van der Waals surface area contributed by atoms with Gasteiger partial charge in [-0.3, -0.25) is 9.69 Å². The van der Waals surface area contributed by atoms with Crippen LogP contribution in [0.2, 0.25) is 0 Å². The summed E-state index contributed by atoms with van der Waals surface area (Å²) in [5.74, 6) is 2.90. The second kappa shape index (κ2) is 10.4. The summed E-state index contributed by atoms with van der Waals surface area (Å²) in [6, 6.07) is 0. The van der Waals surface area contributed by atoms with E-state index in [2.05, 4.69) is 25.3 Å². The van der Waals surface area contributed by atoms with Gasteiger partial charge in [0.2, 0.25) is 5.91 Å². The Bertz CT molecular complexity index is 759. The van der Waals surface area contributed by atoms with E-state index < -0.39 is 0 Å². The van der Waals surface area contributed by atoms with E-state index >= 15 is 0 Å². The lowest BCUT2D eigenvalue weighted by Crippen LogP contribution is -2.54. The number of hydrogen-bond acceptors (Lipinski definition) is 6. The van der Waals surface area contributed by atoms with E-state index in [1.165, 1.54) is 0 Å². The number of carbonyl (C=O) groups is 1. The number of hydrogen-bond donors (Lipinski definition) is 1. The number of nitrogens with one attached hydrogen (secondary N) is 1. The van der Waals surface area contributed by atoms with Crippen molar-refractivity contribution < 1.29 is 9.53 Å². The minimum Gasteiger partial charge on any atom is -0.376 e. The maximum Gasteiger partial charge on any atom is 0.236 e. The smallest absolute Gasteiger partial charge is 0.236 e. The first-order chi connectivity index (χ1) is 15.1. The summed E-state index contributed by atoms with van der Waals surface area (Å²) >= 11 is 0. The SMILES string of the molecule is Cc1nnc(CN=C(NCC2CCCO2)N2CCN(CC(=O)N3CCCC3)CC2)n1C. The van der Waals surface area contributed by atoms with Crippen LogP contribution >= 0.6 is 0 Å². The zero-order valence-electron chi connectivity index (χ0n) is 18.9. The molecular formula is C21H36N8O2. The molecule has 1 N–H and O–H groups in total. The average molecular weight is 433 g/mol. The lowest BCUT2D eigenvalue weighted by Gasteiger charge is -2.37. The van der Waals surface area contributed by atoms with Crippen LogP contribution in [0.15, 0.2) is 4.99 Å². The highest BCUT2D eigenvalue weighted by Crippen LogP contribution is 2.12. The van der Waals surface area contributed by atoms with Crippen LogP contribution in [-0.2, 0) is 23.1 Å². The number of piperazine rings is 1. The first-order valence-corrected chi connectivity index (χ1v) is 11.6. The Labute approximate surface area is 184 Å². The molecule has 10 heteroatoms. The van der Waals surface area contributed by atoms with Gasteiger partial charge in [-0.25, -0.2) is 4.99 Å². The fourth-order valence-corrected chi connectivity index (χ4v) is 4.39. The maximum atomic E-state index is 12.5. The van der Waals surface area contributed by atoms with Gasteiger partial charge in [0.25, 0.3) is 0 Å². The van der Waals surface area contributed by atoms with E-state index in [4.69, 9.17) is 9.73 Å². The molecule has 0 radical (unpaired) electrons. The van der Waals surface area contributed by atoms with Crippen molar-refractivity contribution in [2.45, 2.75) is 45.3 Å². The zero-order valence-corrected chi connectivity index (χ0v) is 18.9. The Morgan fingerprint density at radius 1 is 1.10 bits per heavy atom. The molecule has 1 aromatic heterocycles. The largest absolute Gasteiger partial charge is 0.376 e. The molecule has 4 rings (SSSR count). The molecule has 0 saturated carbocycles. The number of aryl methyl sites for hydroxylation is 1. The van der Waals surface area contributed by atoms with Gasteiger partial charge in [-0.05, 0) is 32.6 Å². The predicted molar refractivity (Wildman–Crippen MR) is 118 cm³/mol. The molecule has 1 unspecified atom stereocenters. The molecule has 0 aliphatic carbocycles. The molecular weight excluding hydrogens is 396 g/mol. The first kappa shape index (κ1) is 22.0. The summed E-state index contributed by atoms with van der Waals surface area (Å²) in [6.07, 6.45) is 4.75. The van der Waals surface area contributed by atoms with Gasteiger partial charge < -0.3 is 24.4 Å². The highest BCUT2D eigenvalue weighted by molar-refractivity contribution is 5.80. The molecule has 3 saturated heterocycles. The van der Waals surface area contributed by atoms with E-state index in [0.29, 0.717) is 13.1 Å². The number of amides is 1. The highest BCUT2D eigenvalue weighted by Gasteiger charge is 2.25. The summed E-state index contributed by atoms with van der Waals surface area (Å²) in [5.41, 5.74) is 0. The molecule has 0 aromatic carbocycles. The summed E-state index contributed by atoms with van der Waals surface area (Å²) in [6.45, 7) is 9.84. The third-order valence-electron chi connectivity index (χ3n) is 6.55. The van der Waals surface area contributed by atoms with Crippen LogP contribution < -0.4 is 5.32 Å². The molecule has 31 heavy (non-hydrogen) atoms. The van der Waals surface area contributed by atoms with E-state index in [9.17, 15) is 4.79 Å². The number of likely N-dealkylation sites (tertiary alicyclic amines) is 1. The standard InChI is InChI=1S/C21H36N8O2/c1-17-24-25-19(26(17)2)15-23-21(22-14-18-6-5-13-31-18)29-11-9-27(10-12-29)16-20(30)28-7-3-4-8-28/h18H,3-16H2,1-2H3,(H,22,23). The van der Waals surface area contributed by atoms with Crippen LogP contribution in [0.5, 0.6) is 0 Å². The number of nitrogens with zero attached hydrogens (tertiary/aromatic N) is 7. The van der Waals surface area contributed by atoms with Gasteiger partial charge in [-0.1, -0.05) is 0 Å². The average Bonchev–Trinajstić information content (AvgIpc) is 3.54. The highest BCUT2D eigenvalue weighted by atomic mass is 16.5. The van der Waals surface area contributed by atoms with Crippen LogP contribution in [0.1, 0.15) is 37.3 Å². The van der Waals surface area contributed by atoms with Gasteiger partial charge in [-0.2, -0.15) is 0 Å². The molecule has 1 aromatic rings. The van der Waals surface area contributed by atoms with E-state index in [-0.39, 0.29) is 12.0 Å². The first-order valence-electron chi connectivity index (χ1n) is 11.6. The zero-order chi connectivity index (χ0) is 21.6. The van der Waals surface area contributed by atoms with Gasteiger partial charge in [0.05, 0.1) is 12.6 Å². The normalized spacial score (nSPS) is 23.0. The van der Waals surface area contributed by atoms with Gasteiger partial charge in [0, 0.05) is 59.5 Å². The van der Waals surface area contributed by atoms with Crippen molar-refractivity contribution in [2.24, 2.45) is 12.0 Å². The van der Waals surface area contributed by atoms with Gasteiger partial charge in [0.15, 0.2) is 11.8 Å². The van der Waals surface area contributed by atoms with E-state index in [1.807, 2.05) is 23.4 Å². The number of aromatic nitrogens is 3. The van der Waals surface area contributed by atoms with Crippen molar-refractivity contribution in [2.75, 3.05) is 59.0 Å².